The zero-order chi connectivity index (χ0) is 24.1. The molecule has 10 heteroatoms. The Balaban J connectivity index is 1.41. The number of hydrogen-bond acceptors (Lipinski definition) is 7. The van der Waals surface area contributed by atoms with Crippen molar-refractivity contribution in [2.24, 2.45) is 0 Å². The Kier molecular flexibility index (Phi) is 6.79. The van der Waals surface area contributed by atoms with Crippen molar-refractivity contribution in [2.45, 2.75) is 6.54 Å². The van der Waals surface area contributed by atoms with Gasteiger partial charge in [-0.15, -0.1) is 0 Å². The van der Waals surface area contributed by atoms with Gasteiger partial charge >= 0.3 is 0 Å². The van der Waals surface area contributed by atoms with E-state index < -0.39 is 15.8 Å². The van der Waals surface area contributed by atoms with Crippen LogP contribution in [0.1, 0.15) is 15.9 Å². The number of benzene rings is 3. The number of carbonyl (C=O) groups excluding carboxylic acids is 1. The summed E-state index contributed by atoms with van der Waals surface area (Å²) in [5.74, 6) is -0.409. The number of nitrogens with zero attached hydrogens (tertiary/aromatic N) is 4. The van der Waals surface area contributed by atoms with Gasteiger partial charge in [-0.1, -0.05) is 30.3 Å². The molecule has 1 amide bonds. The number of nitro benzene ring substituents is 2. The number of non-ortho nitro benzene ring substituents is 1. The van der Waals surface area contributed by atoms with Gasteiger partial charge < -0.3 is 10.2 Å². The van der Waals surface area contributed by atoms with Crippen molar-refractivity contribution >= 4 is 28.7 Å². The Morgan fingerprint density at radius 3 is 2.15 bits per heavy atom. The first-order valence-corrected chi connectivity index (χ1v) is 10.8. The molecule has 1 aliphatic heterocycles. The Labute approximate surface area is 195 Å². The van der Waals surface area contributed by atoms with E-state index in [0.29, 0.717) is 44.1 Å². The van der Waals surface area contributed by atoms with E-state index in [1.165, 1.54) is 18.2 Å². The molecule has 3 aromatic rings. The lowest BCUT2D eigenvalue weighted by Crippen LogP contribution is -2.46. The maximum absolute atomic E-state index is 12.6. The molecule has 1 fully saturated rings. The number of carbonyl (C=O) groups is 1. The zero-order valence-corrected chi connectivity index (χ0v) is 18.3. The van der Waals surface area contributed by atoms with Crippen LogP contribution in [-0.2, 0) is 6.54 Å². The van der Waals surface area contributed by atoms with Gasteiger partial charge in [0.1, 0.15) is 5.69 Å². The van der Waals surface area contributed by atoms with Gasteiger partial charge in [0.15, 0.2) is 0 Å². The summed E-state index contributed by atoms with van der Waals surface area (Å²) in [6.45, 7) is 3.19. The number of amides is 1. The van der Waals surface area contributed by atoms with E-state index in [4.69, 9.17) is 0 Å². The summed E-state index contributed by atoms with van der Waals surface area (Å²) < 4.78 is 0. The number of rotatable bonds is 7. The molecular formula is C24H23N5O5. The third kappa shape index (κ3) is 5.36. The predicted octanol–water partition coefficient (Wildman–Crippen LogP) is 4.08. The second kappa shape index (κ2) is 10.1. The molecule has 1 N–H and O–H groups in total. The van der Waals surface area contributed by atoms with Gasteiger partial charge in [-0.25, -0.2) is 0 Å². The zero-order valence-electron chi connectivity index (χ0n) is 18.3. The molecule has 174 valence electrons. The number of hydrogen-bond donors (Lipinski definition) is 1. The lowest BCUT2D eigenvalue weighted by atomic mass is 10.1. The number of nitrogens with one attached hydrogen (secondary N) is 1. The van der Waals surface area contributed by atoms with Crippen LogP contribution in [0.4, 0.5) is 22.7 Å². The molecule has 4 rings (SSSR count). The SMILES string of the molecule is O=C(Nc1ccccc1)c1ccc(N2CCN(Cc3ccc([N+](=O)[O-])cc3)CC2)c([N+](=O)[O-])c1. The number of piperazine rings is 1. The summed E-state index contributed by atoms with van der Waals surface area (Å²) in [5.41, 5.74) is 2.24. The highest BCUT2D eigenvalue weighted by atomic mass is 16.6. The van der Waals surface area contributed by atoms with E-state index in [1.807, 2.05) is 11.0 Å². The molecule has 34 heavy (non-hydrogen) atoms. The van der Waals surface area contributed by atoms with Gasteiger partial charge in [-0.05, 0) is 29.8 Å². The largest absolute Gasteiger partial charge is 0.363 e. The van der Waals surface area contributed by atoms with Crippen LogP contribution in [0.25, 0.3) is 0 Å². The summed E-state index contributed by atoms with van der Waals surface area (Å²) in [6.07, 6.45) is 0. The smallest absolute Gasteiger partial charge is 0.293 e. The highest BCUT2D eigenvalue weighted by Gasteiger charge is 2.25. The molecule has 0 aliphatic carbocycles. The van der Waals surface area contributed by atoms with Gasteiger partial charge in [0.05, 0.1) is 9.85 Å². The molecule has 1 aliphatic rings. The molecule has 0 aromatic heterocycles. The summed E-state index contributed by atoms with van der Waals surface area (Å²) in [4.78, 5) is 38.4. The summed E-state index contributed by atoms with van der Waals surface area (Å²) in [7, 11) is 0. The third-order valence-electron chi connectivity index (χ3n) is 5.73. The summed E-state index contributed by atoms with van der Waals surface area (Å²) in [6, 6.07) is 19.9. The fraction of sp³-hybridized carbons (Fsp3) is 0.208. The van der Waals surface area contributed by atoms with Crippen LogP contribution < -0.4 is 10.2 Å². The molecule has 1 saturated heterocycles. The van der Waals surface area contributed by atoms with Crippen LogP contribution in [0.2, 0.25) is 0 Å². The van der Waals surface area contributed by atoms with Gasteiger partial charge in [0, 0.05) is 62.2 Å². The first kappa shape index (κ1) is 22.9. The Hall–Kier alpha value is -4.31. The standard InChI is InChI=1S/C24H23N5O5/c30-24(25-20-4-2-1-3-5-20)19-8-11-22(23(16-19)29(33)34)27-14-12-26(13-15-27)17-18-6-9-21(10-7-18)28(31)32/h1-11,16H,12-15,17H2,(H,25,30). The van der Waals surface area contributed by atoms with Crippen LogP contribution in [-0.4, -0.2) is 46.8 Å². The van der Waals surface area contributed by atoms with E-state index in [9.17, 15) is 25.0 Å². The first-order valence-electron chi connectivity index (χ1n) is 10.8. The maximum Gasteiger partial charge on any atom is 0.293 e. The first-order chi connectivity index (χ1) is 16.4. The van der Waals surface area contributed by atoms with E-state index in [-0.39, 0.29) is 16.9 Å². The fourth-order valence-corrected chi connectivity index (χ4v) is 3.93. The van der Waals surface area contributed by atoms with Crippen molar-refractivity contribution in [3.05, 3.63) is 104 Å². The Morgan fingerprint density at radius 1 is 0.853 bits per heavy atom. The van der Waals surface area contributed by atoms with Gasteiger partial charge in [-0.3, -0.25) is 29.9 Å². The molecule has 0 bridgehead atoms. The van der Waals surface area contributed by atoms with Gasteiger partial charge in [0.2, 0.25) is 0 Å². The second-order valence-electron chi connectivity index (χ2n) is 7.97. The summed E-state index contributed by atoms with van der Waals surface area (Å²) >= 11 is 0. The lowest BCUT2D eigenvalue weighted by Gasteiger charge is -2.35. The molecule has 3 aromatic carbocycles. The minimum Gasteiger partial charge on any atom is -0.363 e. The lowest BCUT2D eigenvalue weighted by molar-refractivity contribution is -0.384. The molecule has 1 heterocycles. The average Bonchev–Trinajstić information content (AvgIpc) is 2.85. The average molecular weight is 461 g/mol. The normalized spacial score (nSPS) is 13.9. The predicted molar refractivity (Wildman–Crippen MR) is 128 cm³/mol. The molecule has 0 radical (unpaired) electrons. The summed E-state index contributed by atoms with van der Waals surface area (Å²) in [5, 5.41) is 25.3. The van der Waals surface area contributed by atoms with Crippen molar-refractivity contribution in [1.29, 1.82) is 0 Å². The number of nitro groups is 2. The monoisotopic (exact) mass is 461 g/mol. The van der Waals surface area contributed by atoms with Crippen molar-refractivity contribution in [1.82, 2.24) is 4.90 Å². The molecule has 10 nitrogen and oxygen atoms in total. The highest BCUT2D eigenvalue weighted by Crippen LogP contribution is 2.30. The van der Waals surface area contributed by atoms with Crippen molar-refractivity contribution < 1.29 is 14.6 Å². The van der Waals surface area contributed by atoms with Crippen LogP contribution in [0.5, 0.6) is 0 Å². The second-order valence-corrected chi connectivity index (χ2v) is 7.97. The molecule has 0 saturated carbocycles. The molecular weight excluding hydrogens is 438 g/mol. The van der Waals surface area contributed by atoms with Crippen LogP contribution in [0, 0.1) is 20.2 Å². The molecule has 0 spiro atoms. The quantitative estimate of drug-likeness (QED) is 0.416. The maximum atomic E-state index is 12.6. The van der Waals surface area contributed by atoms with Gasteiger partial charge in [0.25, 0.3) is 17.3 Å². The Bertz CT molecular complexity index is 1190. The van der Waals surface area contributed by atoms with E-state index >= 15 is 0 Å². The van der Waals surface area contributed by atoms with Crippen LogP contribution >= 0.6 is 0 Å². The number of anilines is 2. The van der Waals surface area contributed by atoms with E-state index in [0.717, 1.165) is 5.56 Å². The van der Waals surface area contributed by atoms with Gasteiger partial charge in [-0.2, -0.15) is 0 Å². The molecule has 0 unspecified atom stereocenters. The number of para-hydroxylation sites is 1. The molecule has 0 atom stereocenters. The van der Waals surface area contributed by atoms with Crippen LogP contribution in [0.3, 0.4) is 0 Å². The van der Waals surface area contributed by atoms with E-state index in [2.05, 4.69) is 10.2 Å². The third-order valence-corrected chi connectivity index (χ3v) is 5.73. The highest BCUT2D eigenvalue weighted by molar-refractivity contribution is 6.05. The van der Waals surface area contributed by atoms with Crippen molar-refractivity contribution in [3.63, 3.8) is 0 Å². The topological polar surface area (TPSA) is 122 Å². The Morgan fingerprint density at radius 2 is 1.53 bits per heavy atom. The minimum absolute atomic E-state index is 0.0572. The van der Waals surface area contributed by atoms with Crippen molar-refractivity contribution in [3.8, 4) is 0 Å². The fourth-order valence-electron chi connectivity index (χ4n) is 3.93. The minimum atomic E-state index is -0.460. The van der Waals surface area contributed by atoms with E-state index in [1.54, 1.807) is 48.5 Å². The van der Waals surface area contributed by atoms with Crippen molar-refractivity contribution in [2.75, 3.05) is 36.4 Å². The van der Waals surface area contributed by atoms with Crippen LogP contribution in [0.15, 0.2) is 72.8 Å².